The van der Waals surface area contributed by atoms with E-state index in [-0.39, 0.29) is 19.3 Å². The van der Waals surface area contributed by atoms with Crippen molar-refractivity contribution in [2.24, 2.45) is 0 Å². The highest BCUT2D eigenvalue weighted by atomic mass is 16.5. The summed E-state index contributed by atoms with van der Waals surface area (Å²) < 4.78 is 6.92. The van der Waals surface area contributed by atoms with Crippen molar-refractivity contribution in [3.8, 4) is 6.07 Å². The van der Waals surface area contributed by atoms with Crippen LogP contribution in [0.4, 0.5) is 5.82 Å². The molecule has 0 aromatic carbocycles. The fraction of sp³-hybridized carbons (Fsp3) is 0.417. The van der Waals surface area contributed by atoms with Crippen molar-refractivity contribution < 1.29 is 9.84 Å². The summed E-state index contributed by atoms with van der Waals surface area (Å²) in [6.45, 7) is -0.128. The van der Waals surface area contributed by atoms with Crippen LogP contribution in [0.15, 0.2) is 18.5 Å². The number of fused-ring (bicyclic) bond motifs is 1. The molecule has 0 amide bonds. The molecule has 0 saturated carbocycles. The highest BCUT2D eigenvalue weighted by Crippen LogP contribution is 2.15. The van der Waals surface area contributed by atoms with Crippen molar-refractivity contribution >= 4 is 11.3 Å². The van der Waals surface area contributed by atoms with Crippen LogP contribution in [-0.2, 0) is 11.2 Å². The molecule has 0 spiro atoms. The van der Waals surface area contributed by atoms with Crippen LogP contribution in [-0.4, -0.2) is 39.0 Å². The second kappa shape index (κ2) is 6.13. The molecule has 0 unspecified atom stereocenters. The molecular weight excluding hydrogens is 246 g/mol. The van der Waals surface area contributed by atoms with Gasteiger partial charge >= 0.3 is 0 Å². The number of nitrogens with zero attached hydrogens (tertiary/aromatic N) is 4. The van der Waals surface area contributed by atoms with E-state index in [9.17, 15) is 0 Å². The number of aliphatic hydroxyl groups excluding tert-OH is 1. The number of hydrogen-bond donors (Lipinski definition) is 2. The zero-order valence-corrected chi connectivity index (χ0v) is 10.4. The Bertz CT molecular complexity index is 589. The first-order valence-corrected chi connectivity index (χ1v) is 5.92. The zero-order chi connectivity index (χ0) is 13.7. The van der Waals surface area contributed by atoms with Crippen LogP contribution < -0.4 is 5.73 Å². The highest BCUT2D eigenvalue weighted by molar-refractivity contribution is 5.65. The number of aryl methyl sites for hydroxylation is 1. The molecule has 0 fully saturated rings. The average Bonchev–Trinajstić information content (AvgIpc) is 2.84. The predicted molar refractivity (Wildman–Crippen MR) is 68.2 cm³/mol. The molecule has 0 saturated heterocycles. The van der Waals surface area contributed by atoms with Crippen LogP contribution >= 0.6 is 0 Å². The number of nitrogen functional groups attached to an aromatic ring is 1. The number of nitrogens with two attached hydrogens (primary N) is 1. The minimum Gasteiger partial charge on any atom is -0.394 e. The lowest BCUT2D eigenvalue weighted by molar-refractivity contribution is 0.0253. The van der Waals surface area contributed by atoms with Crippen LogP contribution in [0.25, 0.3) is 5.52 Å². The van der Waals surface area contributed by atoms with Crippen molar-refractivity contribution in [1.82, 2.24) is 14.6 Å². The standard InChI is InChI=1S/C12H15N5O2/c13-5-6-19-10(7-18)3-1-9-2-4-11-12(14)15-8-16-17(9)11/h2,4,8,10,18H,1,3,6-7H2,(H2,14,15,16)/t10-/m0/s1. The van der Waals surface area contributed by atoms with Crippen molar-refractivity contribution in [2.75, 3.05) is 18.9 Å². The highest BCUT2D eigenvalue weighted by Gasteiger charge is 2.11. The molecular formula is C12H15N5O2. The number of hydrogen-bond acceptors (Lipinski definition) is 6. The van der Waals surface area contributed by atoms with Gasteiger partial charge in [0.2, 0.25) is 0 Å². The molecule has 0 aliphatic carbocycles. The predicted octanol–water partition coefficient (Wildman–Crippen LogP) is 0.145. The van der Waals surface area contributed by atoms with Gasteiger partial charge in [-0.15, -0.1) is 0 Å². The van der Waals surface area contributed by atoms with E-state index in [0.717, 1.165) is 11.2 Å². The number of anilines is 1. The lowest BCUT2D eigenvalue weighted by atomic mass is 10.1. The number of nitriles is 1. The number of ether oxygens (including phenoxy) is 1. The van der Waals surface area contributed by atoms with E-state index in [0.29, 0.717) is 18.7 Å². The molecule has 7 heteroatoms. The summed E-state index contributed by atoms with van der Waals surface area (Å²) in [7, 11) is 0. The monoisotopic (exact) mass is 261 g/mol. The number of rotatable bonds is 6. The first-order valence-electron chi connectivity index (χ1n) is 5.92. The van der Waals surface area contributed by atoms with Crippen molar-refractivity contribution in [3.63, 3.8) is 0 Å². The van der Waals surface area contributed by atoms with E-state index in [4.69, 9.17) is 20.8 Å². The molecule has 100 valence electrons. The van der Waals surface area contributed by atoms with Crippen LogP contribution in [0.2, 0.25) is 0 Å². The molecule has 19 heavy (non-hydrogen) atoms. The Balaban J connectivity index is 2.05. The summed E-state index contributed by atoms with van der Waals surface area (Å²) in [6.07, 6.45) is 2.33. The second-order valence-electron chi connectivity index (χ2n) is 4.08. The lowest BCUT2D eigenvalue weighted by Gasteiger charge is -2.12. The van der Waals surface area contributed by atoms with Gasteiger partial charge in [0.1, 0.15) is 18.5 Å². The zero-order valence-electron chi connectivity index (χ0n) is 10.4. The van der Waals surface area contributed by atoms with Crippen molar-refractivity contribution in [1.29, 1.82) is 5.26 Å². The Morgan fingerprint density at radius 3 is 3.11 bits per heavy atom. The topological polar surface area (TPSA) is 109 Å². The Hall–Kier alpha value is -2.17. The molecule has 2 rings (SSSR count). The summed E-state index contributed by atoms with van der Waals surface area (Å²) in [4.78, 5) is 3.92. The molecule has 2 aromatic rings. The minimum absolute atomic E-state index is 0.0186. The lowest BCUT2D eigenvalue weighted by Crippen LogP contribution is -2.19. The Kier molecular flexibility index (Phi) is 4.28. The SMILES string of the molecule is N#CCO[C@H](CO)CCc1ccc2c(N)ncnn12. The van der Waals surface area contributed by atoms with Gasteiger partial charge in [0, 0.05) is 5.69 Å². The van der Waals surface area contributed by atoms with Crippen LogP contribution in [0.3, 0.4) is 0 Å². The third-order valence-corrected chi connectivity index (χ3v) is 2.87. The molecule has 1 atom stereocenters. The fourth-order valence-electron chi connectivity index (χ4n) is 1.89. The van der Waals surface area contributed by atoms with Gasteiger partial charge in [0.25, 0.3) is 0 Å². The van der Waals surface area contributed by atoms with Gasteiger partial charge in [0.05, 0.1) is 18.8 Å². The summed E-state index contributed by atoms with van der Waals surface area (Å²) in [5.74, 6) is 0.431. The van der Waals surface area contributed by atoms with Gasteiger partial charge in [-0.3, -0.25) is 0 Å². The van der Waals surface area contributed by atoms with E-state index >= 15 is 0 Å². The quantitative estimate of drug-likeness (QED) is 0.765. The van der Waals surface area contributed by atoms with Crippen molar-refractivity contribution in [3.05, 3.63) is 24.2 Å². The molecule has 0 bridgehead atoms. The third kappa shape index (κ3) is 2.99. The molecule has 0 aliphatic rings. The molecule has 2 aromatic heterocycles. The Labute approximate surface area is 110 Å². The van der Waals surface area contributed by atoms with Gasteiger partial charge < -0.3 is 15.6 Å². The van der Waals surface area contributed by atoms with Gasteiger partial charge in [-0.05, 0) is 25.0 Å². The number of aromatic nitrogens is 3. The van der Waals surface area contributed by atoms with Crippen LogP contribution in [0.5, 0.6) is 0 Å². The van der Waals surface area contributed by atoms with E-state index in [1.807, 2.05) is 18.2 Å². The van der Waals surface area contributed by atoms with Gasteiger partial charge in [-0.2, -0.15) is 10.4 Å². The first-order chi connectivity index (χ1) is 9.26. The molecule has 2 heterocycles. The normalized spacial score (nSPS) is 12.4. The van der Waals surface area contributed by atoms with E-state index in [1.165, 1.54) is 6.33 Å². The molecule has 7 nitrogen and oxygen atoms in total. The summed E-state index contributed by atoms with van der Waals surface area (Å²) >= 11 is 0. The third-order valence-electron chi connectivity index (χ3n) is 2.87. The average molecular weight is 261 g/mol. The summed E-state index contributed by atoms with van der Waals surface area (Å²) in [5, 5.41) is 21.7. The smallest absolute Gasteiger partial charge is 0.151 e. The molecule has 3 N–H and O–H groups in total. The number of aliphatic hydroxyl groups is 1. The maximum Gasteiger partial charge on any atom is 0.151 e. The van der Waals surface area contributed by atoms with Gasteiger partial charge in [-0.25, -0.2) is 9.50 Å². The van der Waals surface area contributed by atoms with Crippen LogP contribution in [0, 0.1) is 11.3 Å². The largest absolute Gasteiger partial charge is 0.394 e. The van der Waals surface area contributed by atoms with E-state index < -0.39 is 0 Å². The molecule has 0 aliphatic heterocycles. The first kappa shape index (κ1) is 13.3. The van der Waals surface area contributed by atoms with E-state index in [1.54, 1.807) is 4.52 Å². The maximum absolute atomic E-state index is 9.15. The van der Waals surface area contributed by atoms with Gasteiger partial charge in [-0.1, -0.05) is 0 Å². The Morgan fingerprint density at radius 1 is 1.53 bits per heavy atom. The fourth-order valence-corrected chi connectivity index (χ4v) is 1.89. The minimum atomic E-state index is -0.343. The Morgan fingerprint density at radius 2 is 2.37 bits per heavy atom. The molecule has 0 radical (unpaired) electrons. The van der Waals surface area contributed by atoms with E-state index in [2.05, 4.69) is 10.1 Å². The summed E-state index contributed by atoms with van der Waals surface area (Å²) in [6, 6.07) is 5.66. The van der Waals surface area contributed by atoms with Crippen molar-refractivity contribution in [2.45, 2.75) is 18.9 Å². The maximum atomic E-state index is 9.15. The summed E-state index contributed by atoms with van der Waals surface area (Å²) in [5.41, 5.74) is 7.47. The second-order valence-corrected chi connectivity index (χ2v) is 4.08. The van der Waals surface area contributed by atoms with Crippen LogP contribution in [0.1, 0.15) is 12.1 Å². The van der Waals surface area contributed by atoms with Gasteiger partial charge in [0.15, 0.2) is 5.82 Å².